The highest BCUT2D eigenvalue weighted by molar-refractivity contribution is 5.81. The molecule has 1 aliphatic heterocycles. The van der Waals surface area contributed by atoms with Crippen molar-refractivity contribution >= 4 is 11.9 Å². The summed E-state index contributed by atoms with van der Waals surface area (Å²) in [5.74, 6) is -0.220. The minimum absolute atomic E-state index is 0.110. The predicted molar refractivity (Wildman–Crippen MR) is 65.1 cm³/mol. The Morgan fingerprint density at radius 1 is 1.44 bits per heavy atom. The summed E-state index contributed by atoms with van der Waals surface area (Å²) in [6, 6.07) is 0. The lowest BCUT2D eigenvalue weighted by Crippen LogP contribution is -2.40. The lowest BCUT2D eigenvalue weighted by atomic mass is 9.82. The summed E-state index contributed by atoms with van der Waals surface area (Å²) in [6.45, 7) is 1.01. The number of likely N-dealkylation sites (tertiary alicyclic amines) is 1. The molecule has 1 saturated heterocycles. The van der Waals surface area contributed by atoms with Crippen LogP contribution in [0, 0.1) is 11.3 Å². The van der Waals surface area contributed by atoms with E-state index in [1.165, 1.54) is 13.5 Å². The van der Waals surface area contributed by atoms with Crippen LogP contribution in [0.1, 0.15) is 32.1 Å². The van der Waals surface area contributed by atoms with Crippen LogP contribution in [-0.2, 0) is 14.3 Å². The molecule has 1 unspecified atom stereocenters. The fourth-order valence-electron chi connectivity index (χ4n) is 2.79. The molecule has 1 saturated carbocycles. The van der Waals surface area contributed by atoms with Gasteiger partial charge in [-0.2, -0.15) is 0 Å². The summed E-state index contributed by atoms with van der Waals surface area (Å²) in [7, 11) is 1.50. The van der Waals surface area contributed by atoms with Crippen LogP contribution in [0.25, 0.3) is 0 Å². The van der Waals surface area contributed by atoms with Gasteiger partial charge in [0.25, 0.3) is 0 Å². The van der Waals surface area contributed by atoms with E-state index >= 15 is 0 Å². The molecule has 5 nitrogen and oxygen atoms in total. The molecule has 1 aliphatic carbocycles. The van der Waals surface area contributed by atoms with Gasteiger partial charge in [-0.3, -0.25) is 9.59 Å². The van der Waals surface area contributed by atoms with Gasteiger partial charge in [0.05, 0.1) is 6.61 Å². The molecule has 2 fully saturated rings. The number of ether oxygens (including phenoxy) is 1. The van der Waals surface area contributed by atoms with Crippen LogP contribution in [-0.4, -0.2) is 48.7 Å². The number of rotatable bonds is 5. The highest BCUT2D eigenvalue weighted by Crippen LogP contribution is 2.34. The van der Waals surface area contributed by atoms with Crippen molar-refractivity contribution in [2.45, 2.75) is 32.1 Å². The predicted octanol–water partition coefficient (Wildman–Crippen LogP) is 1.13. The molecule has 2 rings (SSSR count). The highest BCUT2D eigenvalue weighted by Gasteiger charge is 2.46. The number of carboxylic acid groups (broad SMARTS) is 1. The van der Waals surface area contributed by atoms with Crippen molar-refractivity contribution in [3.05, 3.63) is 0 Å². The van der Waals surface area contributed by atoms with Crippen molar-refractivity contribution < 1.29 is 19.4 Å². The second-order valence-electron chi connectivity index (χ2n) is 5.58. The zero-order valence-corrected chi connectivity index (χ0v) is 10.9. The molecule has 1 amide bonds. The Hall–Kier alpha value is -1.10. The first kappa shape index (κ1) is 13.3. The molecule has 0 aromatic rings. The molecule has 18 heavy (non-hydrogen) atoms. The molecule has 1 atom stereocenters. The number of hydrogen-bond donors (Lipinski definition) is 1. The fraction of sp³-hybridized carbons (Fsp3) is 0.846. The van der Waals surface area contributed by atoms with Crippen molar-refractivity contribution in [1.82, 2.24) is 4.90 Å². The SMILES string of the molecule is COCC1(C(=O)O)CCN(C(=O)CC2CCC2)C1. The maximum absolute atomic E-state index is 12.1. The van der Waals surface area contributed by atoms with Crippen molar-refractivity contribution in [1.29, 1.82) is 0 Å². The van der Waals surface area contributed by atoms with E-state index in [-0.39, 0.29) is 12.5 Å². The van der Waals surface area contributed by atoms with Crippen LogP contribution in [0.4, 0.5) is 0 Å². The van der Waals surface area contributed by atoms with E-state index in [0.717, 1.165) is 12.8 Å². The monoisotopic (exact) mass is 255 g/mol. The van der Waals surface area contributed by atoms with Gasteiger partial charge in [0.15, 0.2) is 0 Å². The molecule has 0 bridgehead atoms. The Labute approximate surface area is 107 Å². The lowest BCUT2D eigenvalue weighted by Gasteiger charge is -2.28. The van der Waals surface area contributed by atoms with E-state index in [2.05, 4.69) is 0 Å². The van der Waals surface area contributed by atoms with E-state index in [4.69, 9.17) is 4.74 Å². The van der Waals surface area contributed by atoms with Gasteiger partial charge < -0.3 is 14.7 Å². The minimum Gasteiger partial charge on any atom is -0.481 e. The quantitative estimate of drug-likeness (QED) is 0.799. The highest BCUT2D eigenvalue weighted by atomic mass is 16.5. The molecular formula is C13H21NO4. The van der Waals surface area contributed by atoms with Crippen LogP contribution in [0.5, 0.6) is 0 Å². The topological polar surface area (TPSA) is 66.8 Å². The van der Waals surface area contributed by atoms with Crippen LogP contribution in [0.3, 0.4) is 0 Å². The van der Waals surface area contributed by atoms with Crippen LogP contribution >= 0.6 is 0 Å². The first-order valence-electron chi connectivity index (χ1n) is 6.57. The largest absolute Gasteiger partial charge is 0.481 e. The zero-order chi connectivity index (χ0) is 13.2. The molecule has 0 radical (unpaired) electrons. The standard InChI is InChI=1S/C13H21NO4/c1-18-9-13(12(16)17)5-6-14(8-13)11(15)7-10-3-2-4-10/h10H,2-9H2,1H3,(H,16,17). The molecule has 0 aromatic carbocycles. The number of methoxy groups -OCH3 is 1. The molecule has 0 aromatic heterocycles. The van der Waals surface area contributed by atoms with Crippen LogP contribution in [0.15, 0.2) is 0 Å². The van der Waals surface area contributed by atoms with Crippen molar-refractivity contribution in [3.63, 3.8) is 0 Å². The van der Waals surface area contributed by atoms with E-state index in [0.29, 0.717) is 31.8 Å². The number of carbonyl (C=O) groups is 2. The number of carbonyl (C=O) groups excluding carboxylic acids is 1. The van der Waals surface area contributed by atoms with Crippen LogP contribution < -0.4 is 0 Å². The number of carboxylic acids is 1. The second kappa shape index (κ2) is 5.26. The summed E-state index contributed by atoms with van der Waals surface area (Å²) >= 11 is 0. The first-order valence-corrected chi connectivity index (χ1v) is 6.57. The van der Waals surface area contributed by atoms with E-state index in [9.17, 15) is 14.7 Å². The Kier molecular flexibility index (Phi) is 3.90. The van der Waals surface area contributed by atoms with Gasteiger partial charge in [0.2, 0.25) is 5.91 Å². The van der Waals surface area contributed by atoms with Gasteiger partial charge in [0.1, 0.15) is 5.41 Å². The summed E-state index contributed by atoms with van der Waals surface area (Å²) in [5, 5.41) is 9.32. The van der Waals surface area contributed by atoms with Gasteiger partial charge >= 0.3 is 5.97 Å². The molecule has 0 spiro atoms. The van der Waals surface area contributed by atoms with Crippen molar-refractivity contribution in [2.24, 2.45) is 11.3 Å². The minimum atomic E-state index is -0.899. The number of hydrogen-bond acceptors (Lipinski definition) is 3. The van der Waals surface area contributed by atoms with Crippen molar-refractivity contribution in [2.75, 3.05) is 26.8 Å². The molecule has 5 heteroatoms. The number of amides is 1. The summed E-state index contributed by atoms with van der Waals surface area (Å²) in [5.41, 5.74) is -0.899. The smallest absolute Gasteiger partial charge is 0.313 e. The third-order valence-corrected chi connectivity index (χ3v) is 4.27. The van der Waals surface area contributed by atoms with Crippen LogP contribution in [0.2, 0.25) is 0 Å². The lowest BCUT2D eigenvalue weighted by molar-refractivity contribution is -0.151. The average Bonchev–Trinajstić information content (AvgIpc) is 2.69. The molecular weight excluding hydrogens is 234 g/mol. The maximum Gasteiger partial charge on any atom is 0.313 e. The van der Waals surface area contributed by atoms with E-state index in [1.54, 1.807) is 4.90 Å². The summed E-state index contributed by atoms with van der Waals surface area (Å²) < 4.78 is 5.01. The van der Waals surface area contributed by atoms with Crippen molar-refractivity contribution in [3.8, 4) is 0 Å². The van der Waals surface area contributed by atoms with Gasteiger partial charge in [-0.25, -0.2) is 0 Å². The number of nitrogens with zero attached hydrogens (tertiary/aromatic N) is 1. The van der Waals surface area contributed by atoms with Gasteiger partial charge in [-0.1, -0.05) is 6.42 Å². The first-order chi connectivity index (χ1) is 8.57. The Morgan fingerprint density at radius 3 is 2.67 bits per heavy atom. The summed E-state index contributed by atoms with van der Waals surface area (Å²) in [6.07, 6.45) is 4.58. The maximum atomic E-state index is 12.1. The molecule has 1 N–H and O–H groups in total. The van der Waals surface area contributed by atoms with E-state index < -0.39 is 11.4 Å². The number of aliphatic carboxylic acids is 1. The third kappa shape index (κ3) is 2.51. The summed E-state index contributed by atoms with van der Waals surface area (Å²) in [4.78, 5) is 25.1. The van der Waals surface area contributed by atoms with Gasteiger partial charge in [-0.05, 0) is 25.2 Å². The zero-order valence-electron chi connectivity index (χ0n) is 10.9. The van der Waals surface area contributed by atoms with Gasteiger partial charge in [-0.15, -0.1) is 0 Å². The third-order valence-electron chi connectivity index (χ3n) is 4.27. The van der Waals surface area contributed by atoms with E-state index in [1.807, 2.05) is 0 Å². The average molecular weight is 255 g/mol. The Balaban J connectivity index is 1.92. The fourth-order valence-corrected chi connectivity index (χ4v) is 2.79. The molecule has 1 heterocycles. The Morgan fingerprint density at radius 2 is 2.17 bits per heavy atom. The molecule has 2 aliphatic rings. The second-order valence-corrected chi connectivity index (χ2v) is 5.58. The molecule has 102 valence electrons. The normalized spacial score (nSPS) is 28.2. The Bertz CT molecular complexity index is 340. The van der Waals surface area contributed by atoms with Gasteiger partial charge in [0, 0.05) is 26.6 Å².